The molecule has 0 spiro atoms. The predicted molar refractivity (Wildman–Crippen MR) is 140 cm³/mol. The molecule has 0 amide bonds. The van der Waals surface area contributed by atoms with Gasteiger partial charge in [-0.25, -0.2) is 0 Å². The quantitative estimate of drug-likeness (QED) is 0.125. The van der Waals surface area contributed by atoms with Crippen LogP contribution in [0.3, 0.4) is 0 Å². The fourth-order valence-electron chi connectivity index (χ4n) is 4.45. The third kappa shape index (κ3) is 20.9. The molecule has 0 aromatic rings. The van der Waals surface area contributed by atoms with Crippen molar-refractivity contribution >= 4 is 0 Å². The second-order valence-corrected chi connectivity index (χ2v) is 10.0. The van der Waals surface area contributed by atoms with E-state index in [1.807, 2.05) is 0 Å². The minimum Gasteiger partial charge on any atom is -0.379 e. The lowest BCUT2D eigenvalue weighted by molar-refractivity contribution is -0.184. The van der Waals surface area contributed by atoms with Crippen LogP contribution in [0.5, 0.6) is 0 Å². The fraction of sp³-hybridized carbons (Fsp3) is 1.00. The molecule has 1 rings (SSSR count). The highest BCUT2D eigenvalue weighted by Crippen LogP contribution is 2.15. The van der Waals surface area contributed by atoms with Crippen LogP contribution in [0.25, 0.3) is 0 Å². The first kappa shape index (κ1) is 30.9. The topological polar surface area (TPSA) is 36.9 Å². The zero-order chi connectivity index (χ0) is 23.7. The van der Waals surface area contributed by atoms with Crippen LogP contribution >= 0.6 is 0 Å². The van der Waals surface area contributed by atoms with Crippen molar-refractivity contribution in [1.82, 2.24) is 0 Å². The van der Waals surface area contributed by atoms with E-state index in [2.05, 4.69) is 13.8 Å². The van der Waals surface area contributed by atoms with Crippen molar-refractivity contribution in [3.8, 4) is 0 Å². The molecule has 0 radical (unpaired) electrons. The molecule has 1 heterocycles. The van der Waals surface area contributed by atoms with Crippen LogP contribution in [0.2, 0.25) is 0 Å². The lowest BCUT2D eigenvalue weighted by atomic mass is 10.0. The van der Waals surface area contributed by atoms with Crippen LogP contribution in [0.15, 0.2) is 0 Å². The summed E-state index contributed by atoms with van der Waals surface area (Å²) in [5, 5.41) is 0. The van der Waals surface area contributed by atoms with Crippen molar-refractivity contribution in [1.29, 1.82) is 0 Å². The van der Waals surface area contributed by atoms with Crippen molar-refractivity contribution in [3.63, 3.8) is 0 Å². The monoisotopic (exact) mass is 470 g/mol. The molecule has 0 N–H and O–H groups in total. The molecular weight excluding hydrogens is 412 g/mol. The third-order valence-electron chi connectivity index (χ3n) is 6.61. The van der Waals surface area contributed by atoms with Crippen molar-refractivity contribution in [2.75, 3.05) is 33.0 Å². The molecular formula is C29H58O4. The third-order valence-corrected chi connectivity index (χ3v) is 6.61. The van der Waals surface area contributed by atoms with E-state index in [-0.39, 0.29) is 12.4 Å². The highest BCUT2D eigenvalue weighted by atomic mass is 16.7. The zero-order valence-corrected chi connectivity index (χ0v) is 22.5. The Morgan fingerprint density at radius 2 is 1.21 bits per heavy atom. The first-order chi connectivity index (χ1) is 16.4. The Balaban J connectivity index is 1.83. The van der Waals surface area contributed by atoms with Gasteiger partial charge in [-0.1, -0.05) is 110 Å². The van der Waals surface area contributed by atoms with E-state index in [1.54, 1.807) is 0 Å². The zero-order valence-electron chi connectivity index (χ0n) is 22.5. The van der Waals surface area contributed by atoms with Crippen LogP contribution in [-0.4, -0.2) is 45.4 Å². The summed E-state index contributed by atoms with van der Waals surface area (Å²) in [7, 11) is 0. The number of rotatable bonds is 25. The van der Waals surface area contributed by atoms with E-state index in [0.29, 0.717) is 13.2 Å². The van der Waals surface area contributed by atoms with Crippen molar-refractivity contribution in [2.24, 2.45) is 0 Å². The summed E-state index contributed by atoms with van der Waals surface area (Å²) in [6.45, 7) is 8.06. The second-order valence-electron chi connectivity index (χ2n) is 10.0. The summed E-state index contributed by atoms with van der Waals surface area (Å²) in [5.74, 6) is 0. The van der Waals surface area contributed by atoms with E-state index in [4.69, 9.17) is 18.9 Å². The summed E-state index contributed by atoms with van der Waals surface area (Å²) in [4.78, 5) is 0. The van der Waals surface area contributed by atoms with Gasteiger partial charge in [0.1, 0.15) is 6.10 Å². The molecule has 0 aromatic heterocycles. The van der Waals surface area contributed by atoms with Gasteiger partial charge in [0.2, 0.25) is 0 Å². The van der Waals surface area contributed by atoms with Crippen LogP contribution in [0.4, 0.5) is 0 Å². The van der Waals surface area contributed by atoms with Crippen LogP contribution in [-0.2, 0) is 18.9 Å². The number of hydrogen-bond acceptors (Lipinski definition) is 4. The summed E-state index contributed by atoms with van der Waals surface area (Å²) >= 11 is 0. The van der Waals surface area contributed by atoms with Gasteiger partial charge < -0.3 is 18.9 Å². The minimum atomic E-state index is -0.0493. The SMILES string of the molecule is CCCCCCCCCCCCCCCCCCOC[C@H](COC1CCCCO1)OCCC. The van der Waals surface area contributed by atoms with Gasteiger partial charge in [-0.2, -0.15) is 0 Å². The molecule has 1 aliphatic heterocycles. The average molecular weight is 471 g/mol. The average Bonchev–Trinajstić information content (AvgIpc) is 2.85. The second kappa shape index (κ2) is 24.9. The van der Waals surface area contributed by atoms with Crippen LogP contribution < -0.4 is 0 Å². The Morgan fingerprint density at radius 3 is 1.73 bits per heavy atom. The Kier molecular flexibility index (Phi) is 23.3. The summed E-state index contributed by atoms with van der Waals surface area (Å²) in [5.41, 5.74) is 0. The van der Waals surface area contributed by atoms with Crippen LogP contribution in [0, 0.1) is 0 Å². The van der Waals surface area contributed by atoms with E-state index in [9.17, 15) is 0 Å². The first-order valence-corrected chi connectivity index (χ1v) is 14.8. The normalized spacial score (nSPS) is 17.5. The molecule has 4 heteroatoms. The van der Waals surface area contributed by atoms with Crippen LogP contribution in [0.1, 0.15) is 142 Å². The molecule has 2 atom stereocenters. The molecule has 1 unspecified atom stereocenters. The molecule has 1 saturated heterocycles. The lowest BCUT2D eigenvalue weighted by Gasteiger charge is -2.25. The van der Waals surface area contributed by atoms with Gasteiger partial charge in [0, 0.05) is 19.8 Å². The highest BCUT2D eigenvalue weighted by Gasteiger charge is 2.17. The molecule has 0 aromatic carbocycles. The van der Waals surface area contributed by atoms with Crippen molar-refractivity contribution in [2.45, 2.75) is 155 Å². The maximum Gasteiger partial charge on any atom is 0.157 e. The molecule has 1 fully saturated rings. The molecule has 0 saturated carbocycles. The van der Waals surface area contributed by atoms with Gasteiger partial charge >= 0.3 is 0 Å². The first-order valence-electron chi connectivity index (χ1n) is 14.8. The van der Waals surface area contributed by atoms with Gasteiger partial charge in [0.25, 0.3) is 0 Å². The summed E-state index contributed by atoms with van der Waals surface area (Å²) < 4.78 is 23.4. The molecule has 33 heavy (non-hydrogen) atoms. The smallest absolute Gasteiger partial charge is 0.157 e. The van der Waals surface area contributed by atoms with Crippen molar-refractivity contribution < 1.29 is 18.9 Å². The van der Waals surface area contributed by atoms with Crippen molar-refractivity contribution in [3.05, 3.63) is 0 Å². The Morgan fingerprint density at radius 1 is 0.636 bits per heavy atom. The highest BCUT2D eigenvalue weighted by molar-refractivity contribution is 4.60. The summed E-state index contributed by atoms with van der Waals surface area (Å²) in [6, 6.07) is 0. The van der Waals surface area contributed by atoms with E-state index in [1.165, 1.54) is 103 Å². The Bertz CT molecular complexity index is 371. The lowest BCUT2D eigenvalue weighted by Crippen LogP contribution is -2.31. The van der Waals surface area contributed by atoms with E-state index in [0.717, 1.165) is 45.5 Å². The number of hydrogen-bond donors (Lipinski definition) is 0. The largest absolute Gasteiger partial charge is 0.379 e. The van der Waals surface area contributed by atoms with Gasteiger partial charge in [-0.15, -0.1) is 0 Å². The van der Waals surface area contributed by atoms with Gasteiger partial charge in [0.15, 0.2) is 6.29 Å². The summed E-state index contributed by atoms with van der Waals surface area (Å²) in [6.07, 6.45) is 26.7. The molecule has 0 aliphatic carbocycles. The van der Waals surface area contributed by atoms with Gasteiger partial charge in [-0.05, 0) is 32.1 Å². The standard InChI is InChI=1S/C29H58O4/c1-3-5-6-7-8-9-10-11-12-13-14-15-16-17-18-20-24-30-26-28(31-23-4-2)27-33-29-22-19-21-25-32-29/h28-29H,3-27H2,1-2H3/t28-,29?/m1/s1. The minimum absolute atomic E-state index is 0.0246. The molecule has 4 nitrogen and oxygen atoms in total. The Labute approximate surface area is 206 Å². The predicted octanol–water partition coefficient (Wildman–Crippen LogP) is 8.60. The maximum atomic E-state index is 5.91. The number of ether oxygens (including phenoxy) is 4. The van der Waals surface area contributed by atoms with Gasteiger partial charge in [-0.3, -0.25) is 0 Å². The van der Waals surface area contributed by atoms with E-state index < -0.39 is 0 Å². The number of unbranched alkanes of at least 4 members (excludes halogenated alkanes) is 15. The fourth-order valence-corrected chi connectivity index (χ4v) is 4.45. The molecule has 1 aliphatic rings. The molecule has 0 bridgehead atoms. The van der Waals surface area contributed by atoms with Gasteiger partial charge in [0.05, 0.1) is 13.2 Å². The van der Waals surface area contributed by atoms with E-state index >= 15 is 0 Å². The maximum absolute atomic E-state index is 5.91. The Hall–Kier alpha value is -0.160. The molecule has 198 valence electrons.